The van der Waals surface area contributed by atoms with Crippen LogP contribution < -0.4 is 20.4 Å². The van der Waals surface area contributed by atoms with Crippen molar-refractivity contribution in [2.24, 2.45) is 0 Å². The van der Waals surface area contributed by atoms with Crippen LogP contribution in [-0.2, 0) is 4.79 Å². The molecule has 3 fully saturated rings. The van der Waals surface area contributed by atoms with E-state index in [1.807, 2.05) is 13.1 Å². The Bertz CT molecular complexity index is 787. The van der Waals surface area contributed by atoms with E-state index in [0.29, 0.717) is 22.6 Å². The Morgan fingerprint density at radius 1 is 1.21 bits per heavy atom. The molecule has 0 saturated carbocycles. The summed E-state index contributed by atoms with van der Waals surface area (Å²) < 4.78 is 0. The highest BCUT2D eigenvalue weighted by molar-refractivity contribution is 8.18. The first-order valence-corrected chi connectivity index (χ1v) is 10.7. The van der Waals surface area contributed by atoms with Crippen LogP contribution in [0.2, 0.25) is 0 Å². The van der Waals surface area contributed by atoms with Gasteiger partial charge in [-0.25, -0.2) is 4.98 Å². The predicted molar refractivity (Wildman–Crippen MR) is 111 cm³/mol. The maximum atomic E-state index is 11.9. The molecule has 1 aromatic rings. The van der Waals surface area contributed by atoms with E-state index in [-0.39, 0.29) is 11.1 Å². The molecule has 3 aliphatic heterocycles. The van der Waals surface area contributed by atoms with Crippen molar-refractivity contribution in [3.05, 3.63) is 16.7 Å². The van der Waals surface area contributed by atoms with Gasteiger partial charge in [-0.1, -0.05) is 0 Å². The predicted octanol–water partition coefficient (Wildman–Crippen LogP) is 1.98. The van der Waals surface area contributed by atoms with Crippen molar-refractivity contribution < 1.29 is 9.59 Å². The number of piperidine rings is 2. The summed E-state index contributed by atoms with van der Waals surface area (Å²) in [5, 5.41) is 5.39. The number of carbonyl (C=O) groups is 2. The van der Waals surface area contributed by atoms with Crippen LogP contribution in [0.5, 0.6) is 0 Å². The number of thioether (sulfide) groups is 1. The molecular formula is C19H26N6O2S. The lowest BCUT2D eigenvalue weighted by atomic mass is 10.1. The van der Waals surface area contributed by atoms with Gasteiger partial charge in [-0.15, -0.1) is 0 Å². The Labute approximate surface area is 169 Å². The molecule has 0 aromatic carbocycles. The number of amides is 2. The van der Waals surface area contributed by atoms with Gasteiger partial charge >= 0.3 is 0 Å². The van der Waals surface area contributed by atoms with Gasteiger partial charge < -0.3 is 15.1 Å². The summed E-state index contributed by atoms with van der Waals surface area (Å²) in [6, 6.07) is 2.27. The highest BCUT2D eigenvalue weighted by atomic mass is 32.2. The number of rotatable bonds is 4. The Kier molecular flexibility index (Phi) is 5.82. The Hall–Kier alpha value is -2.13. The van der Waals surface area contributed by atoms with Crippen LogP contribution in [0.3, 0.4) is 0 Å². The van der Waals surface area contributed by atoms with Crippen molar-refractivity contribution in [2.75, 3.05) is 43.0 Å². The Morgan fingerprint density at radius 3 is 2.71 bits per heavy atom. The average Bonchev–Trinajstić information content (AvgIpc) is 3.05. The SMILES string of the molecule is CN(c1nc(C=C2SC(=O)NC2=O)cc(N2CCCCC2)n1)C1CCCNC1. The van der Waals surface area contributed by atoms with Crippen LogP contribution in [0.15, 0.2) is 11.0 Å². The third-order valence-corrected chi connectivity index (χ3v) is 6.27. The summed E-state index contributed by atoms with van der Waals surface area (Å²) in [7, 11) is 2.03. The van der Waals surface area contributed by atoms with Crippen molar-refractivity contribution in [3.63, 3.8) is 0 Å². The fourth-order valence-corrected chi connectivity index (χ4v) is 4.51. The molecular weight excluding hydrogens is 376 g/mol. The van der Waals surface area contributed by atoms with E-state index in [0.717, 1.165) is 69.4 Å². The largest absolute Gasteiger partial charge is 0.356 e. The number of nitrogens with one attached hydrogen (secondary N) is 2. The molecule has 28 heavy (non-hydrogen) atoms. The highest BCUT2D eigenvalue weighted by Gasteiger charge is 2.26. The number of carbonyl (C=O) groups excluding carboxylic acids is 2. The lowest BCUT2D eigenvalue weighted by Crippen LogP contribution is -2.45. The minimum absolute atomic E-state index is 0.341. The standard InChI is InChI=1S/C19H26N6O2S/c1-24(14-6-5-7-20-12-14)18-21-13(10-15-17(26)23-19(27)28-15)11-16(22-18)25-8-3-2-4-9-25/h10-11,14,20H,2-9,12H2,1H3,(H,23,26,27). The minimum Gasteiger partial charge on any atom is -0.356 e. The van der Waals surface area contributed by atoms with E-state index < -0.39 is 0 Å². The third kappa shape index (κ3) is 4.30. The molecule has 2 N–H and O–H groups in total. The van der Waals surface area contributed by atoms with Gasteiger partial charge in [0.2, 0.25) is 5.95 Å². The van der Waals surface area contributed by atoms with Crippen molar-refractivity contribution in [1.82, 2.24) is 20.6 Å². The van der Waals surface area contributed by atoms with Gasteiger partial charge in [-0.05, 0) is 56.5 Å². The molecule has 1 aromatic heterocycles. The first-order valence-electron chi connectivity index (χ1n) is 9.92. The van der Waals surface area contributed by atoms with Crippen LogP contribution in [0.25, 0.3) is 6.08 Å². The smallest absolute Gasteiger partial charge is 0.290 e. The number of nitrogens with zero attached hydrogens (tertiary/aromatic N) is 4. The Balaban J connectivity index is 1.67. The zero-order valence-electron chi connectivity index (χ0n) is 16.1. The van der Waals surface area contributed by atoms with E-state index in [1.54, 1.807) is 6.08 Å². The van der Waals surface area contributed by atoms with E-state index >= 15 is 0 Å². The molecule has 8 nitrogen and oxygen atoms in total. The van der Waals surface area contributed by atoms with Gasteiger partial charge in [0.1, 0.15) is 5.82 Å². The summed E-state index contributed by atoms with van der Waals surface area (Å²) in [6.45, 7) is 3.93. The molecule has 150 valence electrons. The molecule has 9 heteroatoms. The molecule has 0 aliphatic carbocycles. The molecule has 0 bridgehead atoms. The summed E-state index contributed by atoms with van der Waals surface area (Å²) >= 11 is 0.916. The zero-order valence-corrected chi connectivity index (χ0v) is 16.9. The van der Waals surface area contributed by atoms with Gasteiger partial charge in [0, 0.05) is 38.8 Å². The van der Waals surface area contributed by atoms with Crippen molar-refractivity contribution in [1.29, 1.82) is 0 Å². The van der Waals surface area contributed by atoms with Gasteiger partial charge in [0.05, 0.1) is 10.6 Å². The number of hydrogen-bond acceptors (Lipinski definition) is 8. The van der Waals surface area contributed by atoms with Crippen molar-refractivity contribution in [2.45, 2.75) is 38.1 Å². The topological polar surface area (TPSA) is 90.5 Å². The lowest BCUT2D eigenvalue weighted by Gasteiger charge is -2.33. The normalized spacial score (nSPS) is 24.5. The molecule has 3 aliphatic rings. The van der Waals surface area contributed by atoms with Crippen LogP contribution >= 0.6 is 11.8 Å². The second-order valence-electron chi connectivity index (χ2n) is 7.46. The molecule has 1 unspecified atom stereocenters. The summed E-state index contributed by atoms with van der Waals surface area (Å²) in [5.74, 6) is 1.19. The van der Waals surface area contributed by atoms with Crippen LogP contribution in [0, 0.1) is 0 Å². The van der Waals surface area contributed by atoms with Gasteiger partial charge in [0.15, 0.2) is 0 Å². The maximum Gasteiger partial charge on any atom is 0.290 e. The summed E-state index contributed by atoms with van der Waals surface area (Å²) in [5.41, 5.74) is 0.661. The average molecular weight is 403 g/mol. The van der Waals surface area contributed by atoms with E-state index in [1.165, 1.54) is 6.42 Å². The number of likely N-dealkylation sites (N-methyl/N-ethyl adjacent to an activating group) is 1. The highest BCUT2D eigenvalue weighted by Crippen LogP contribution is 2.28. The molecule has 1 atom stereocenters. The van der Waals surface area contributed by atoms with Crippen LogP contribution in [0.1, 0.15) is 37.8 Å². The minimum atomic E-state index is -0.362. The van der Waals surface area contributed by atoms with Crippen LogP contribution in [0.4, 0.5) is 16.6 Å². The molecule has 4 heterocycles. The number of anilines is 2. The molecule has 4 rings (SSSR count). The molecule has 3 saturated heterocycles. The fraction of sp³-hybridized carbons (Fsp3) is 0.579. The number of aromatic nitrogens is 2. The fourth-order valence-electron chi connectivity index (χ4n) is 3.84. The number of hydrogen-bond donors (Lipinski definition) is 2. The van der Waals surface area contributed by atoms with Crippen molar-refractivity contribution >= 4 is 40.8 Å². The second kappa shape index (κ2) is 8.48. The molecule has 2 amide bonds. The monoisotopic (exact) mass is 402 g/mol. The summed E-state index contributed by atoms with van der Waals surface area (Å²) in [6.07, 6.45) is 7.49. The lowest BCUT2D eigenvalue weighted by molar-refractivity contribution is -0.115. The maximum absolute atomic E-state index is 11.9. The summed E-state index contributed by atoms with van der Waals surface area (Å²) in [4.78, 5) is 37.8. The Morgan fingerprint density at radius 2 is 2.04 bits per heavy atom. The van der Waals surface area contributed by atoms with Gasteiger partial charge in [-0.2, -0.15) is 4.98 Å². The first-order chi connectivity index (χ1) is 13.6. The van der Waals surface area contributed by atoms with E-state index in [9.17, 15) is 9.59 Å². The molecule has 0 radical (unpaired) electrons. The quantitative estimate of drug-likeness (QED) is 0.739. The van der Waals surface area contributed by atoms with E-state index in [4.69, 9.17) is 9.97 Å². The van der Waals surface area contributed by atoms with Crippen LogP contribution in [-0.4, -0.2) is 60.4 Å². The van der Waals surface area contributed by atoms with Gasteiger partial charge in [0.25, 0.3) is 11.1 Å². The number of imide groups is 1. The second-order valence-corrected chi connectivity index (χ2v) is 8.48. The zero-order chi connectivity index (χ0) is 19.5. The van der Waals surface area contributed by atoms with Gasteiger partial charge in [-0.3, -0.25) is 14.9 Å². The molecule has 0 spiro atoms. The third-order valence-electron chi connectivity index (χ3n) is 5.46. The van der Waals surface area contributed by atoms with E-state index in [2.05, 4.69) is 20.4 Å². The van der Waals surface area contributed by atoms with Crippen molar-refractivity contribution in [3.8, 4) is 0 Å². The first kappa shape index (κ1) is 19.2.